The highest BCUT2D eigenvalue weighted by Crippen LogP contribution is 2.13. The van der Waals surface area contributed by atoms with Crippen LogP contribution in [0.3, 0.4) is 0 Å². The SMILES string of the molecule is CC(C)Cn1cnc2c1c(=S)n(C)c(=O)n2C. The van der Waals surface area contributed by atoms with Gasteiger partial charge in [-0.15, -0.1) is 0 Å². The van der Waals surface area contributed by atoms with Gasteiger partial charge in [-0.05, 0) is 5.92 Å². The van der Waals surface area contributed by atoms with Crippen molar-refractivity contribution in [2.24, 2.45) is 20.0 Å². The van der Waals surface area contributed by atoms with Crippen LogP contribution in [0, 0.1) is 10.6 Å². The van der Waals surface area contributed by atoms with Crippen LogP contribution >= 0.6 is 12.2 Å². The summed E-state index contributed by atoms with van der Waals surface area (Å²) < 4.78 is 5.57. The second-order valence-corrected chi connectivity index (χ2v) is 5.06. The Morgan fingerprint density at radius 1 is 1.35 bits per heavy atom. The standard InChI is InChI=1S/C11H16N4OS/c1-7(2)5-15-6-12-9-8(15)10(17)14(4)11(16)13(9)3/h6-7H,5H2,1-4H3. The van der Waals surface area contributed by atoms with E-state index in [0.29, 0.717) is 16.2 Å². The number of hydrogen-bond donors (Lipinski definition) is 0. The highest BCUT2D eigenvalue weighted by Gasteiger charge is 2.12. The lowest BCUT2D eigenvalue weighted by Gasteiger charge is -2.09. The summed E-state index contributed by atoms with van der Waals surface area (Å²) in [5.41, 5.74) is 1.37. The van der Waals surface area contributed by atoms with Crippen LogP contribution in [-0.4, -0.2) is 18.7 Å². The van der Waals surface area contributed by atoms with E-state index in [9.17, 15) is 4.79 Å². The van der Waals surface area contributed by atoms with E-state index >= 15 is 0 Å². The first kappa shape index (κ1) is 12.0. The Bertz CT molecular complexity index is 677. The molecule has 2 aromatic rings. The van der Waals surface area contributed by atoms with Crippen molar-refractivity contribution >= 4 is 23.4 Å². The molecule has 5 nitrogen and oxygen atoms in total. The van der Waals surface area contributed by atoms with Crippen LogP contribution in [-0.2, 0) is 20.6 Å². The van der Waals surface area contributed by atoms with Crippen molar-refractivity contribution in [2.75, 3.05) is 0 Å². The van der Waals surface area contributed by atoms with E-state index in [1.54, 1.807) is 20.4 Å². The fourth-order valence-corrected chi connectivity index (χ4v) is 2.22. The van der Waals surface area contributed by atoms with Gasteiger partial charge in [-0.25, -0.2) is 9.78 Å². The van der Waals surface area contributed by atoms with Gasteiger partial charge < -0.3 is 4.57 Å². The summed E-state index contributed by atoms with van der Waals surface area (Å²) in [5.74, 6) is 0.504. The predicted octanol–water partition coefficient (Wildman–Crippen LogP) is 1.46. The van der Waals surface area contributed by atoms with Crippen molar-refractivity contribution < 1.29 is 0 Å². The maximum Gasteiger partial charge on any atom is 0.330 e. The molecule has 0 saturated carbocycles. The molecule has 92 valence electrons. The second kappa shape index (κ2) is 4.10. The first-order valence-electron chi connectivity index (χ1n) is 5.54. The van der Waals surface area contributed by atoms with Gasteiger partial charge in [-0.2, -0.15) is 0 Å². The Morgan fingerprint density at radius 2 is 2.00 bits per heavy atom. The first-order valence-corrected chi connectivity index (χ1v) is 5.95. The molecule has 6 heteroatoms. The van der Waals surface area contributed by atoms with Crippen LogP contribution in [0.2, 0.25) is 0 Å². The smallest absolute Gasteiger partial charge is 0.327 e. The highest BCUT2D eigenvalue weighted by molar-refractivity contribution is 7.71. The molecular weight excluding hydrogens is 236 g/mol. The summed E-state index contributed by atoms with van der Waals surface area (Å²) in [5, 5.41) is 0. The average molecular weight is 252 g/mol. The molecule has 0 amide bonds. The third-order valence-corrected chi connectivity index (χ3v) is 3.25. The van der Waals surface area contributed by atoms with Gasteiger partial charge in [0.1, 0.15) is 10.2 Å². The third-order valence-electron chi connectivity index (χ3n) is 2.78. The van der Waals surface area contributed by atoms with Crippen molar-refractivity contribution in [2.45, 2.75) is 20.4 Å². The normalized spacial score (nSPS) is 11.6. The molecule has 0 fully saturated rings. The van der Waals surface area contributed by atoms with Crippen LogP contribution in [0.1, 0.15) is 13.8 Å². The zero-order valence-corrected chi connectivity index (χ0v) is 11.3. The molecule has 0 aromatic carbocycles. The van der Waals surface area contributed by atoms with Gasteiger partial charge >= 0.3 is 5.69 Å². The molecule has 0 radical (unpaired) electrons. The maximum atomic E-state index is 11.8. The molecule has 0 aliphatic heterocycles. The molecule has 0 unspecified atom stereocenters. The minimum atomic E-state index is -0.141. The lowest BCUT2D eigenvalue weighted by atomic mass is 10.2. The van der Waals surface area contributed by atoms with Crippen LogP contribution < -0.4 is 5.69 Å². The molecule has 0 aliphatic rings. The third kappa shape index (κ3) is 1.82. The minimum absolute atomic E-state index is 0.141. The molecule has 0 spiro atoms. The van der Waals surface area contributed by atoms with Gasteiger partial charge in [0.05, 0.1) is 6.33 Å². The fourth-order valence-electron chi connectivity index (χ4n) is 1.93. The minimum Gasteiger partial charge on any atom is -0.327 e. The molecule has 0 aliphatic carbocycles. The van der Waals surface area contributed by atoms with Crippen molar-refractivity contribution in [1.29, 1.82) is 0 Å². The molecule has 0 bridgehead atoms. The average Bonchev–Trinajstić information content (AvgIpc) is 2.66. The zero-order valence-electron chi connectivity index (χ0n) is 10.5. The van der Waals surface area contributed by atoms with E-state index in [1.807, 2.05) is 4.57 Å². The van der Waals surface area contributed by atoms with E-state index in [0.717, 1.165) is 12.1 Å². The van der Waals surface area contributed by atoms with Gasteiger partial charge in [0.25, 0.3) is 0 Å². The molecule has 0 N–H and O–H groups in total. The van der Waals surface area contributed by atoms with Gasteiger partial charge in [-0.1, -0.05) is 26.1 Å². The number of imidazole rings is 1. The number of fused-ring (bicyclic) bond motifs is 1. The molecular formula is C11H16N4OS. The lowest BCUT2D eigenvalue weighted by Crippen LogP contribution is -2.28. The van der Waals surface area contributed by atoms with Crippen LogP contribution in [0.4, 0.5) is 0 Å². The van der Waals surface area contributed by atoms with E-state index < -0.39 is 0 Å². The van der Waals surface area contributed by atoms with E-state index in [-0.39, 0.29) is 5.69 Å². The van der Waals surface area contributed by atoms with E-state index in [1.165, 1.54) is 9.13 Å². The number of nitrogens with zero attached hydrogens (tertiary/aromatic N) is 4. The number of rotatable bonds is 2. The van der Waals surface area contributed by atoms with Gasteiger partial charge in [0.15, 0.2) is 5.65 Å². The quantitative estimate of drug-likeness (QED) is 0.760. The Kier molecular flexibility index (Phi) is 2.91. The van der Waals surface area contributed by atoms with Crippen LogP contribution in [0.15, 0.2) is 11.1 Å². The van der Waals surface area contributed by atoms with Gasteiger partial charge in [0.2, 0.25) is 0 Å². The summed E-state index contributed by atoms with van der Waals surface area (Å²) in [6, 6.07) is 0. The molecule has 0 saturated heterocycles. The molecule has 2 heterocycles. The Hall–Kier alpha value is -1.43. The Balaban J connectivity index is 2.86. The summed E-state index contributed by atoms with van der Waals surface area (Å²) in [4.78, 5) is 16.1. The molecule has 2 aromatic heterocycles. The summed E-state index contributed by atoms with van der Waals surface area (Å²) >= 11 is 5.32. The van der Waals surface area contributed by atoms with Crippen molar-refractivity contribution in [3.05, 3.63) is 21.5 Å². The lowest BCUT2D eigenvalue weighted by molar-refractivity contribution is 0.531. The van der Waals surface area contributed by atoms with Crippen LogP contribution in [0.25, 0.3) is 11.2 Å². The van der Waals surface area contributed by atoms with Crippen molar-refractivity contribution in [3.63, 3.8) is 0 Å². The highest BCUT2D eigenvalue weighted by atomic mass is 32.1. The summed E-state index contributed by atoms with van der Waals surface area (Å²) in [7, 11) is 3.41. The fraction of sp³-hybridized carbons (Fsp3) is 0.545. The van der Waals surface area contributed by atoms with Gasteiger partial charge in [-0.3, -0.25) is 9.13 Å². The second-order valence-electron chi connectivity index (χ2n) is 4.67. The number of aromatic nitrogens is 4. The maximum absolute atomic E-state index is 11.8. The monoisotopic (exact) mass is 252 g/mol. The predicted molar refractivity (Wildman–Crippen MR) is 69.6 cm³/mol. The van der Waals surface area contributed by atoms with E-state index in [4.69, 9.17) is 12.2 Å². The number of aryl methyl sites for hydroxylation is 1. The van der Waals surface area contributed by atoms with Crippen molar-refractivity contribution in [1.82, 2.24) is 18.7 Å². The largest absolute Gasteiger partial charge is 0.330 e. The Morgan fingerprint density at radius 3 is 2.59 bits per heavy atom. The first-order chi connectivity index (χ1) is 7.93. The van der Waals surface area contributed by atoms with Gasteiger partial charge in [0, 0.05) is 20.6 Å². The molecule has 0 atom stereocenters. The molecule has 2 rings (SSSR count). The summed E-state index contributed by atoms with van der Waals surface area (Å²) in [6.07, 6.45) is 1.75. The zero-order chi connectivity index (χ0) is 12.7. The van der Waals surface area contributed by atoms with E-state index in [2.05, 4.69) is 18.8 Å². The van der Waals surface area contributed by atoms with Crippen LogP contribution in [0.5, 0.6) is 0 Å². The summed E-state index contributed by atoms with van der Waals surface area (Å²) in [6.45, 7) is 5.12. The Labute approximate surface area is 104 Å². The number of hydrogen-bond acceptors (Lipinski definition) is 3. The van der Waals surface area contributed by atoms with Crippen molar-refractivity contribution in [3.8, 4) is 0 Å². The topological polar surface area (TPSA) is 44.8 Å². The molecule has 17 heavy (non-hydrogen) atoms.